The van der Waals surface area contributed by atoms with Crippen LogP contribution in [-0.2, 0) is 6.42 Å². The molecule has 2 aromatic heterocycles. The van der Waals surface area contributed by atoms with Crippen LogP contribution in [0.1, 0.15) is 11.8 Å². The second-order valence-corrected chi connectivity index (χ2v) is 6.47. The molecule has 0 amide bonds. The van der Waals surface area contributed by atoms with Gasteiger partial charge >= 0.3 is 0 Å². The van der Waals surface area contributed by atoms with Gasteiger partial charge in [-0.15, -0.1) is 11.3 Å². The van der Waals surface area contributed by atoms with Gasteiger partial charge in [-0.3, -0.25) is 9.36 Å². The van der Waals surface area contributed by atoms with Crippen molar-refractivity contribution < 1.29 is 4.74 Å². The highest BCUT2D eigenvalue weighted by molar-refractivity contribution is 7.18. The van der Waals surface area contributed by atoms with E-state index in [-0.39, 0.29) is 11.4 Å². The molecular formula is C16H16N4O2S. The molecule has 23 heavy (non-hydrogen) atoms. The number of nitrogen functional groups attached to an aromatic ring is 1. The minimum atomic E-state index is -0.297. The summed E-state index contributed by atoms with van der Waals surface area (Å²) < 4.78 is 7.22. The van der Waals surface area contributed by atoms with E-state index >= 15 is 0 Å². The van der Waals surface area contributed by atoms with Crippen LogP contribution in [0.3, 0.4) is 0 Å². The molecule has 0 unspecified atom stereocenters. The Balaban J connectivity index is 1.99. The van der Waals surface area contributed by atoms with Crippen LogP contribution >= 0.6 is 11.3 Å². The highest BCUT2D eigenvalue weighted by Crippen LogP contribution is 2.31. The Labute approximate surface area is 136 Å². The average Bonchev–Trinajstić information content (AvgIpc) is 2.98. The second-order valence-electron chi connectivity index (χ2n) is 5.35. The minimum Gasteiger partial charge on any atom is -0.490 e. The Bertz CT molecular complexity index is 961. The molecule has 1 aliphatic heterocycles. The van der Waals surface area contributed by atoms with Crippen molar-refractivity contribution in [1.29, 1.82) is 0 Å². The molecule has 0 bridgehead atoms. The molecule has 0 aliphatic carbocycles. The fourth-order valence-corrected chi connectivity index (χ4v) is 3.70. The molecule has 0 saturated heterocycles. The standard InChI is InChI=1S/C16H16N4O2S/c1-2-10-8-12-15(23-10)19-14(17)16(21)20(12)9-3-4-13-11(7-9)18-5-6-22-13/h3-4,7-8,18H,2,5-6H2,1H3,(H2,17,19). The summed E-state index contributed by atoms with van der Waals surface area (Å²) >= 11 is 1.57. The van der Waals surface area contributed by atoms with E-state index in [2.05, 4.69) is 17.2 Å². The Morgan fingerprint density at radius 3 is 3.13 bits per heavy atom. The molecule has 3 heterocycles. The number of nitrogens with two attached hydrogens (primary N) is 1. The van der Waals surface area contributed by atoms with E-state index in [1.807, 2.05) is 24.3 Å². The van der Waals surface area contributed by atoms with Gasteiger partial charge in [0.1, 0.15) is 17.2 Å². The van der Waals surface area contributed by atoms with E-state index in [0.29, 0.717) is 6.61 Å². The summed E-state index contributed by atoms with van der Waals surface area (Å²) in [5, 5.41) is 3.29. The fourth-order valence-electron chi connectivity index (χ4n) is 2.74. The zero-order valence-electron chi connectivity index (χ0n) is 12.6. The zero-order valence-corrected chi connectivity index (χ0v) is 13.4. The maximum Gasteiger partial charge on any atom is 0.298 e. The van der Waals surface area contributed by atoms with Gasteiger partial charge in [0.15, 0.2) is 5.82 Å². The molecule has 0 fully saturated rings. The van der Waals surface area contributed by atoms with Gasteiger partial charge in [-0.1, -0.05) is 6.92 Å². The molecule has 3 aromatic rings. The normalized spacial score (nSPS) is 13.4. The lowest BCUT2D eigenvalue weighted by atomic mass is 10.2. The number of anilines is 2. The third kappa shape index (κ3) is 2.24. The van der Waals surface area contributed by atoms with E-state index in [9.17, 15) is 4.79 Å². The number of hydrogen-bond acceptors (Lipinski definition) is 6. The van der Waals surface area contributed by atoms with Crippen LogP contribution in [-0.4, -0.2) is 22.7 Å². The fraction of sp³-hybridized carbons (Fsp3) is 0.250. The van der Waals surface area contributed by atoms with Crippen molar-refractivity contribution >= 4 is 33.2 Å². The van der Waals surface area contributed by atoms with Gasteiger partial charge in [-0.25, -0.2) is 4.98 Å². The van der Waals surface area contributed by atoms with E-state index in [1.165, 1.54) is 4.88 Å². The van der Waals surface area contributed by atoms with Crippen molar-refractivity contribution in [3.63, 3.8) is 0 Å². The van der Waals surface area contributed by atoms with Gasteiger partial charge in [0, 0.05) is 11.4 Å². The Hall–Kier alpha value is -2.54. The second kappa shape index (κ2) is 5.27. The number of nitrogens with one attached hydrogen (secondary N) is 1. The number of nitrogens with zero attached hydrogens (tertiary/aromatic N) is 2. The Kier molecular flexibility index (Phi) is 3.23. The summed E-state index contributed by atoms with van der Waals surface area (Å²) in [6.45, 7) is 3.47. The third-order valence-electron chi connectivity index (χ3n) is 3.87. The van der Waals surface area contributed by atoms with Crippen molar-refractivity contribution in [2.45, 2.75) is 13.3 Å². The first-order valence-electron chi connectivity index (χ1n) is 7.49. The lowest BCUT2D eigenvalue weighted by molar-refractivity contribution is 0.323. The average molecular weight is 328 g/mol. The van der Waals surface area contributed by atoms with E-state index in [1.54, 1.807) is 15.9 Å². The quantitative estimate of drug-likeness (QED) is 0.755. The summed E-state index contributed by atoms with van der Waals surface area (Å²) in [6.07, 6.45) is 0.898. The molecule has 6 nitrogen and oxygen atoms in total. The number of aromatic nitrogens is 2. The summed E-state index contributed by atoms with van der Waals surface area (Å²) in [5.74, 6) is 0.815. The molecule has 3 N–H and O–H groups in total. The van der Waals surface area contributed by atoms with E-state index in [4.69, 9.17) is 10.5 Å². The van der Waals surface area contributed by atoms with Crippen LogP contribution in [0.4, 0.5) is 11.5 Å². The number of ether oxygens (including phenoxy) is 1. The molecule has 1 aromatic carbocycles. The zero-order chi connectivity index (χ0) is 16.0. The molecule has 7 heteroatoms. The smallest absolute Gasteiger partial charge is 0.298 e. The molecule has 0 saturated carbocycles. The lowest BCUT2D eigenvalue weighted by Crippen LogP contribution is -2.23. The number of hydrogen-bond donors (Lipinski definition) is 2. The van der Waals surface area contributed by atoms with Gasteiger partial charge in [0.05, 0.1) is 16.9 Å². The monoisotopic (exact) mass is 328 g/mol. The SMILES string of the molecule is CCc1cc2c(nc(N)c(=O)n2-c2ccc3c(c2)NCCO3)s1. The van der Waals surface area contributed by atoms with Crippen molar-refractivity contribution in [2.24, 2.45) is 0 Å². The van der Waals surface area contributed by atoms with Gasteiger partial charge in [0.2, 0.25) is 0 Å². The van der Waals surface area contributed by atoms with Crippen LogP contribution < -0.4 is 21.3 Å². The van der Waals surface area contributed by atoms with Crippen LogP contribution in [0.5, 0.6) is 5.75 Å². The predicted molar refractivity (Wildman–Crippen MR) is 93.0 cm³/mol. The van der Waals surface area contributed by atoms with Gasteiger partial charge in [-0.2, -0.15) is 0 Å². The van der Waals surface area contributed by atoms with E-state index < -0.39 is 0 Å². The Morgan fingerprint density at radius 2 is 2.30 bits per heavy atom. The van der Waals surface area contributed by atoms with Gasteiger partial charge in [-0.05, 0) is 30.7 Å². The highest BCUT2D eigenvalue weighted by Gasteiger charge is 2.16. The summed E-state index contributed by atoms with van der Waals surface area (Å²) in [6, 6.07) is 7.67. The minimum absolute atomic E-state index is 0.0175. The molecule has 0 atom stereocenters. The lowest BCUT2D eigenvalue weighted by Gasteiger charge is -2.20. The number of aryl methyl sites for hydroxylation is 1. The van der Waals surface area contributed by atoms with Crippen molar-refractivity contribution in [2.75, 3.05) is 24.2 Å². The number of rotatable bonds is 2. The van der Waals surface area contributed by atoms with E-state index in [0.717, 1.165) is 40.4 Å². The number of fused-ring (bicyclic) bond motifs is 2. The van der Waals surface area contributed by atoms with Crippen LogP contribution in [0, 0.1) is 0 Å². The largest absolute Gasteiger partial charge is 0.490 e. The van der Waals surface area contributed by atoms with Crippen molar-refractivity contribution in [3.05, 3.63) is 39.5 Å². The maximum atomic E-state index is 12.6. The molecule has 1 aliphatic rings. The number of benzene rings is 1. The van der Waals surface area contributed by atoms with Crippen LogP contribution in [0.15, 0.2) is 29.1 Å². The van der Waals surface area contributed by atoms with Gasteiger partial charge < -0.3 is 15.8 Å². The number of thiophene rings is 1. The van der Waals surface area contributed by atoms with Gasteiger partial charge in [0.25, 0.3) is 5.56 Å². The highest BCUT2D eigenvalue weighted by atomic mass is 32.1. The van der Waals surface area contributed by atoms with Crippen molar-refractivity contribution in [1.82, 2.24) is 9.55 Å². The topological polar surface area (TPSA) is 82.2 Å². The first-order valence-corrected chi connectivity index (χ1v) is 8.31. The maximum absolute atomic E-state index is 12.6. The predicted octanol–water partition coefficient (Wildman–Crippen LogP) is 2.40. The molecular weight excluding hydrogens is 312 g/mol. The summed E-state index contributed by atoms with van der Waals surface area (Å²) in [5.41, 5.74) is 7.97. The summed E-state index contributed by atoms with van der Waals surface area (Å²) in [4.78, 5) is 18.8. The molecule has 0 spiro atoms. The molecule has 0 radical (unpaired) electrons. The molecule has 118 valence electrons. The van der Waals surface area contributed by atoms with Crippen LogP contribution in [0.25, 0.3) is 16.0 Å². The first kappa shape index (κ1) is 14.1. The van der Waals surface area contributed by atoms with Crippen LogP contribution in [0.2, 0.25) is 0 Å². The first-order chi connectivity index (χ1) is 11.2. The van der Waals surface area contributed by atoms with Crippen molar-refractivity contribution in [3.8, 4) is 11.4 Å². The molecule has 4 rings (SSSR count). The third-order valence-corrected chi connectivity index (χ3v) is 5.04. The summed E-state index contributed by atoms with van der Waals surface area (Å²) in [7, 11) is 0. The Morgan fingerprint density at radius 1 is 1.43 bits per heavy atom.